The first-order chi connectivity index (χ1) is 15.7. The summed E-state index contributed by atoms with van der Waals surface area (Å²) >= 11 is 0. The number of pyridine rings is 1. The number of hydrogen-bond donors (Lipinski definition) is 3. The van der Waals surface area contributed by atoms with E-state index in [9.17, 15) is 9.59 Å². The number of nitrogens with zero attached hydrogens (tertiary/aromatic N) is 3. The van der Waals surface area contributed by atoms with Crippen LogP contribution in [-0.4, -0.2) is 45.7 Å². The van der Waals surface area contributed by atoms with Crippen molar-refractivity contribution >= 4 is 22.6 Å². The number of rotatable bonds is 9. The molecule has 0 aliphatic rings. The molecule has 3 N–H and O–H groups in total. The van der Waals surface area contributed by atoms with E-state index in [1.165, 1.54) is 4.57 Å². The minimum Gasteiger partial charge on any atom is -0.383 e. The number of aromatic amines is 1. The predicted octanol–water partition coefficient (Wildman–Crippen LogP) is 2.16. The number of methoxy groups -OCH3 is 1. The average Bonchev–Trinajstić information content (AvgIpc) is 3.24. The molecule has 164 valence electrons. The number of H-pyrrole nitrogens is 1. The molecule has 9 heteroatoms. The molecule has 4 aromatic rings. The summed E-state index contributed by atoms with van der Waals surface area (Å²) in [6.45, 7) is 1.05. The minimum absolute atomic E-state index is 0.133. The maximum atomic E-state index is 13.1. The van der Waals surface area contributed by atoms with Crippen LogP contribution >= 0.6 is 0 Å². The number of anilines is 1. The molecule has 3 aromatic heterocycles. The molecule has 0 saturated carbocycles. The van der Waals surface area contributed by atoms with Gasteiger partial charge in [0.25, 0.3) is 5.56 Å². The fourth-order valence-corrected chi connectivity index (χ4v) is 3.40. The van der Waals surface area contributed by atoms with Crippen molar-refractivity contribution in [1.82, 2.24) is 24.8 Å². The Morgan fingerprint density at radius 1 is 1.19 bits per heavy atom. The molecule has 9 nitrogen and oxygen atoms in total. The molecule has 32 heavy (non-hydrogen) atoms. The van der Waals surface area contributed by atoms with E-state index in [0.717, 1.165) is 22.2 Å². The van der Waals surface area contributed by atoms with Gasteiger partial charge in [-0.15, -0.1) is 0 Å². The highest BCUT2D eigenvalue weighted by molar-refractivity contribution is 5.80. The molecule has 0 fully saturated rings. The Kier molecular flexibility index (Phi) is 6.57. The first kappa shape index (κ1) is 21.3. The van der Waals surface area contributed by atoms with E-state index in [1.807, 2.05) is 42.5 Å². The van der Waals surface area contributed by atoms with Gasteiger partial charge in [-0.05, 0) is 17.7 Å². The van der Waals surface area contributed by atoms with Crippen molar-refractivity contribution in [1.29, 1.82) is 0 Å². The summed E-state index contributed by atoms with van der Waals surface area (Å²) in [5.74, 6) is -0.104. The van der Waals surface area contributed by atoms with Crippen molar-refractivity contribution in [2.45, 2.75) is 13.1 Å². The van der Waals surface area contributed by atoms with Crippen molar-refractivity contribution in [2.75, 3.05) is 25.6 Å². The summed E-state index contributed by atoms with van der Waals surface area (Å²) in [6.07, 6.45) is 5.07. The molecule has 0 bridgehead atoms. The van der Waals surface area contributed by atoms with E-state index >= 15 is 0 Å². The van der Waals surface area contributed by atoms with Crippen molar-refractivity contribution in [3.63, 3.8) is 0 Å². The van der Waals surface area contributed by atoms with Crippen molar-refractivity contribution in [2.24, 2.45) is 0 Å². The number of benzene rings is 1. The molecule has 4 rings (SSSR count). The van der Waals surface area contributed by atoms with Crippen LogP contribution < -0.4 is 16.2 Å². The second-order valence-corrected chi connectivity index (χ2v) is 7.20. The summed E-state index contributed by atoms with van der Waals surface area (Å²) < 4.78 is 6.45. The molecule has 0 aliphatic heterocycles. The molecule has 3 heterocycles. The zero-order valence-corrected chi connectivity index (χ0v) is 17.7. The Morgan fingerprint density at radius 2 is 2.03 bits per heavy atom. The maximum Gasteiger partial charge on any atom is 0.294 e. The summed E-state index contributed by atoms with van der Waals surface area (Å²) in [4.78, 5) is 37.4. The second kappa shape index (κ2) is 9.88. The fraction of sp³-hybridized carbons (Fsp3) is 0.217. The van der Waals surface area contributed by atoms with Gasteiger partial charge in [0.1, 0.15) is 6.54 Å². The summed E-state index contributed by atoms with van der Waals surface area (Å²) in [7, 11) is 1.58. The zero-order chi connectivity index (χ0) is 22.3. The van der Waals surface area contributed by atoms with Gasteiger partial charge in [0.05, 0.1) is 25.0 Å². The van der Waals surface area contributed by atoms with E-state index < -0.39 is 0 Å². The van der Waals surface area contributed by atoms with Crippen LogP contribution in [0.25, 0.3) is 22.2 Å². The van der Waals surface area contributed by atoms with Crippen LogP contribution in [0.5, 0.6) is 0 Å². The summed E-state index contributed by atoms with van der Waals surface area (Å²) in [6, 6.07) is 13.2. The highest BCUT2D eigenvalue weighted by Crippen LogP contribution is 2.18. The Bertz CT molecular complexity index is 1230. The highest BCUT2D eigenvalue weighted by Gasteiger charge is 2.15. The standard InChI is InChI=1S/C23H24N6O3/c1-32-10-9-25-22-23(31)29(20(14-27-22)16-5-3-2-4-6-16)15-21(30)26-13-18-11-17-12-24-8-7-19(17)28-18/h2-8,11-12,14,28H,9-10,13,15H2,1H3,(H,25,27)(H,26,30). The highest BCUT2D eigenvalue weighted by atomic mass is 16.5. The zero-order valence-electron chi connectivity index (χ0n) is 17.7. The van der Waals surface area contributed by atoms with Crippen LogP contribution in [0.2, 0.25) is 0 Å². The molecule has 1 amide bonds. The van der Waals surface area contributed by atoms with Gasteiger partial charge in [-0.2, -0.15) is 0 Å². The third-order valence-electron chi connectivity index (χ3n) is 4.98. The van der Waals surface area contributed by atoms with Crippen molar-refractivity contribution < 1.29 is 9.53 Å². The first-order valence-corrected chi connectivity index (χ1v) is 10.2. The van der Waals surface area contributed by atoms with Gasteiger partial charge in [-0.3, -0.25) is 19.1 Å². The number of amides is 1. The Morgan fingerprint density at radius 3 is 2.81 bits per heavy atom. The van der Waals surface area contributed by atoms with Crippen LogP contribution in [-0.2, 0) is 22.6 Å². The quantitative estimate of drug-likeness (QED) is 0.349. The van der Waals surface area contributed by atoms with E-state index in [4.69, 9.17) is 4.74 Å². The van der Waals surface area contributed by atoms with E-state index in [1.54, 1.807) is 25.7 Å². The van der Waals surface area contributed by atoms with Crippen molar-refractivity contribution in [3.05, 3.63) is 77.1 Å². The number of fused-ring (bicyclic) bond motifs is 1. The van der Waals surface area contributed by atoms with Gasteiger partial charge in [-0.1, -0.05) is 30.3 Å². The van der Waals surface area contributed by atoms with Gasteiger partial charge in [0.15, 0.2) is 5.82 Å². The summed E-state index contributed by atoms with van der Waals surface area (Å²) in [5.41, 5.74) is 2.81. The van der Waals surface area contributed by atoms with Crippen LogP contribution in [0.15, 0.2) is 65.8 Å². The van der Waals surface area contributed by atoms with Gasteiger partial charge in [0, 0.05) is 42.6 Å². The van der Waals surface area contributed by atoms with Crippen LogP contribution in [0.4, 0.5) is 5.82 Å². The Balaban J connectivity index is 1.54. The minimum atomic E-state index is -0.366. The number of hydrogen-bond acceptors (Lipinski definition) is 6. The SMILES string of the molecule is COCCNc1ncc(-c2ccccc2)n(CC(=O)NCc2cc3cnccc3[nH]2)c1=O. The molecule has 0 unspecified atom stereocenters. The molecular formula is C23H24N6O3. The Hall–Kier alpha value is -3.98. The molecule has 0 saturated heterocycles. The smallest absolute Gasteiger partial charge is 0.294 e. The molecule has 0 spiro atoms. The molecule has 0 radical (unpaired) electrons. The Labute approximate surface area is 184 Å². The molecule has 1 aromatic carbocycles. The van der Waals surface area contributed by atoms with Crippen LogP contribution in [0.3, 0.4) is 0 Å². The number of ether oxygens (including phenoxy) is 1. The van der Waals surface area contributed by atoms with E-state index in [0.29, 0.717) is 25.4 Å². The average molecular weight is 432 g/mol. The molecule has 0 atom stereocenters. The lowest BCUT2D eigenvalue weighted by molar-refractivity contribution is -0.121. The van der Waals surface area contributed by atoms with Gasteiger partial charge in [0.2, 0.25) is 5.91 Å². The van der Waals surface area contributed by atoms with E-state index in [-0.39, 0.29) is 23.8 Å². The molecule has 0 aliphatic carbocycles. The molecular weight excluding hydrogens is 408 g/mol. The second-order valence-electron chi connectivity index (χ2n) is 7.20. The van der Waals surface area contributed by atoms with Gasteiger partial charge in [-0.25, -0.2) is 4.98 Å². The normalized spacial score (nSPS) is 10.9. The number of carbonyl (C=O) groups excluding carboxylic acids is 1. The van der Waals surface area contributed by atoms with Gasteiger partial charge < -0.3 is 20.4 Å². The monoisotopic (exact) mass is 432 g/mol. The topological polar surface area (TPSA) is 114 Å². The lowest BCUT2D eigenvalue weighted by Crippen LogP contribution is -2.34. The van der Waals surface area contributed by atoms with E-state index in [2.05, 4.69) is 25.6 Å². The van der Waals surface area contributed by atoms with Gasteiger partial charge >= 0.3 is 0 Å². The number of aromatic nitrogens is 4. The first-order valence-electron chi connectivity index (χ1n) is 10.2. The van der Waals surface area contributed by atoms with Crippen LogP contribution in [0.1, 0.15) is 5.69 Å². The van der Waals surface area contributed by atoms with Crippen LogP contribution in [0, 0.1) is 0 Å². The third-order valence-corrected chi connectivity index (χ3v) is 4.98. The summed E-state index contributed by atoms with van der Waals surface area (Å²) in [5, 5.41) is 6.81. The lowest BCUT2D eigenvalue weighted by Gasteiger charge is -2.15. The predicted molar refractivity (Wildman–Crippen MR) is 122 cm³/mol. The number of carbonyl (C=O) groups is 1. The fourth-order valence-electron chi connectivity index (χ4n) is 3.40. The number of nitrogens with one attached hydrogen (secondary N) is 3. The largest absolute Gasteiger partial charge is 0.383 e. The van der Waals surface area contributed by atoms with Crippen molar-refractivity contribution in [3.8, 4) is 11.3 Å². The lowest BCUT2D eigenvalue weighted by atomic mass is 10.1. The maximum absolute atomic E-state index is 13.1. The third kappa shape index (κ3) is 4.84.